The molecule has 130 valence electrons. The van der Waals surface area contributed by atoms with Crippen LogP contribution in [0.3, 0.4) is 0 Å². The number of hydrogen-bond donors (Lipinski definition) is 1. The maximum atomic E-state index is 12.3. The van der Waals surface area contributed by atoms with Crippen LogP contribution < -0.4 is 5.32 Å². The third-order valence-corrected chi connectivity index (χ3v) is 4.22. The van der Waals surface area contributed by atoms with Crippen LogP contribution in [-0.2, 0) is 4.74 Å². The second kappa shape index (κ2) is 7.93. The van der Waals surface area contributed by atoms with Gasteiger partial charge in [-0.2, -0.15) is 0 Å². The number of methoxy groups -OCH3 is 1. The molecule has 3 aromatic rings. The number of rotatable bonds is 4. The largest absolute Gasteiger partial charge is 0.465 e. The molecular weight excluding hydrogens is 396 g/mol. The van der Waals surface area contributed by atoms with Gasteiger partial charge in [-0.05, 0) is 63.5 Å². The molecule has 26 heavy (non-hydrogen) atoms. The molecule has 0 saturated heterocycles. The van der Waals surface area contributed by atoms with E-state index in [0.29, 0.717) is 16.9 Å². The van der Waals surface area contributed by atoms with Crippen molar-refractivity contribution in [2.24, 2.45) is 0 Å². The predicted octanol–water partition coefficient (Wildman–Crippen LogP) is 4.55. The molecule has 3 rings (SSSR count). The van der Waals surface area contributed by atoms with E-state index in [9.17, 15) is 9.59 Å². The summed E-state index contributed by atoms with van der Waals surface area (Å²) < 4.78 is 5.53. The summed E-state index contributed by atoms with van der Waals surface area (Å²) in [7, 11) is 1.35. The van der Waals surface area contributed by atoms with Gasteiger partial charge < -0.3 is 10.1 Å². The van der Waals surface area contributed by atoms with E-state index in [1.165, 1.54) is 7.11 Å². The van der Waals surface area contributed by atoms with Gasteiger partial charge in [-0.15, -0.1) is 0 Å². The van der Waals surface area contributed by atoms with Crippen LogP contribution in [0.1, 0.15) is 20.7 Å². The number of nitrogens with one attached hydrogen (secondary N) is 1. The second-order valence-corrected chi connectivity index (χ2v) is 6.38. The van der Waals surface area contributed by atoms with E-state index in [-0.39, 0.29) is 11.9 Å². The van der Waals surface area contributed by atoms with Gasteiger partial charge in [-0.1, -0.05) is 24.3 Å². The highest BCUT2D eigenvalue weighted by Crippen LogP contribution is 2.21. The first-order valence-electron chi connectivity index (χ1n) is 7.78. The average molecular weight is 411 g/mol. The third kappa shape index (κ3) is 4.15. The molecule has 0 unspecified atom stereocenters. The number of hydrogen-bond acceptors (Lipinski definition) is 4. The lowest BCUT2D eigenvalue weighted by atomic mass is 10.0. The highest BCUT2D eigenvalue weighted by Gasteiger charge is 2.08. The molecule has 1 N–H and O–H groups in total. The molecule has 0 fully saturated rings. The van der Waals surface area contributed by atoms with Crippen molar-refractivity contribution in [3.8, 4) is 11.1 Å². The Balaban J connectivity index is 1.72. The number of benzene rings is 2. The molecule has 0 spiro atoms. The number of amides is 1. The van der Waals surface area contributed by atoms with Crippen LogP contribution in [0.5, 0.6) is 0 Å². The number of carbonyl (C=O) groups is 2. The topological polar surface area (TPSA) is 68.3 Å². The number of carbonyl (C=O) groups excluding carboxylic acids is 2. The summed E-state index contributed by atoms with van der Waals surface area (Å²) in [5.41, 5.74) is 2.91. The molecule has 1 heterocycles. The summed E-state index contributed by atoms with van der Waals surface area (Å²) in [6, 6.07) is 17.8. The van der Waals surface area contributed by atoms with Gasteiger partial charge in [-0.25, -0.2) is 9.78 Å². The van der Waals surface area contributed by atoms with Crippen molar-refractivity contribution in [2.75, 3.05) is 12.4 Å². The van der Waals surface area contributed by atoms with E-state index < -0.39 is 0 Å². The van der Waals surface area contributed by atoms with Crippen LogP contribution in [0.2, 0.25) is 0 Å². The molecule has 2 aromatic carbocycles. The van der Waals surface area contributed by atoms with Crippen LogP contribution in [0.15, 0.2) is 71.3 Å². The zero-order valence-corrected chi connectivity index (χ0v) is 15.5. The SMILES string of the molecule is COC(=O)c1ccc(-c2ccc(C(=O)Nc3ccc(Br)cn3)cc2)cc1. The predicted molar refractivity (Wildman–Crippen MR) is 103 cm³/mol. The Bertz CT molecular complexity index is 921. The number of anilines is 1. The fraction of sp³-hybridized carbons (Fsp3) is 0.0500. The number of pyridine rings is 1. The Kier molecular flexibility index (Phi) is 5.43. The van der Waals surface area contributed by atoms with Gasteiger partial charge in [0.1, 0.15) is 5.82 Å². The number of halogens is 1. The highest BCUT2D eigenvalue weighted by atomic mass is 79.9. The third-order valence-electron chi connectivity index (χ3n) is 3.76. The minimum Gasteiger partial charge on any atom is -0.465 e. The maximum Gasteiger partial charge on any atom is 0.337 e. The van der Waals surface area contributed by atoms with E-state index in [2.05, 4.69) is 31.0 Å². The van der Waals surface area contributed by atoms with Crippen molar-refractivity contribution in [1.29, 1.82) is 0 Å². The Morgan fingerprint density at radius 1 is 0.885 bits per heavy atom. The number of aromatic nitrogens is 1. The lowest BCUT2D eigenvalue weighted by Gasteiger charge is -2.07. The molecule has 0 saturated carbocycles. The van der Waals surface area contributed by atoms with Crippen LogP contribution in [0.25, 0.3) is 11.1 Å². The van der Waals surface area contributed by atoms with E-state index in [4.69, 9.17) is 0 Å². The van der Waals surface area contributed by atoms with Gasteiger partial charge in [0.15, 0.2) is 0 Å². The molecule has 0 radical (unpaired) electrons. The van der Waals surface area contributed by atoms with Crippen molar-refractivity contribution in [3.63, 3.8) is 0 Å². The summed E-state index contributed by atoms with van der Waals surface area (Å²) in [5, 5.41) is 2.75. The molecule has 1 amide bonds. The van der Waals surface area contributed by atoms with Crippen molar-refractivity contribution in [1.82, 2.24) is 4.98 Å². The average Bonchev–Trinajstić information content (AvgIpc) is 2.69. The molecule has 6 heteroatoms. The van der Waals surface area contributed by atoms with Crippen LogP contribution in [0, 0.1) is 0 Å². The van der Waals surface area contributed by atoms with E-state index in [1.54, 1.807) is 36.5 Å². The zero-order valence-electron chi connectivity index (χ0n) is 13.9. The van der Waals surface area contributed by atoms with Crippen LogP contribution in [-0.4, -0.2) is 24.0 Å². The Labute approximate surface area is 159 Å². The summed E-state index contributed by atoms with van der Waals surface area (Å²) in [6.07, 6.45) is 1.62. The summed E-state index contributed by atoms with van der Waals surface area (Å²) in [6.45, 7) is 0. The van der Waals surface area contributed by atoms with E-state index >= 15 is 0 Å². The summed E-state index contributed by atoms with van der Waals surface area (Å²) in [5.74, 6) is -0.113. The standard InChI is InChI=1S/C20H15BrN2O3/c1-26-20(25)16-8-4-14(5-9-16)13-2-6-15(7-3-13)19(24)23-18-11-10-17(21)12-22-18/h2-12H,1H3,(H,22,23,24). The number of ether oxygens (including phenoxy) is 1. The lowest BCUT2D eigenvalue weighted by molar-refractivity contribution is 0.0600. The first-order chi connectivity index (χ1) is 12.6. The minimum atomic E-state index is -0.370. The molecule has 0 aliphatic rings. The fourth-order valence-corrected chi connectivity index (χ4v) is 2.60. The van der Waals surface area contributed by atoms with E-state index in [1.807, 2.05) is 30.3 Å². The number of nitrogens with zero attached hydrogens (tertiary/aromatic N) is 1. The lowest BCUT2D eigenvalue weighted by Crippen LogP contribution is -2.12. The van der Waals surface area contributed by atoms with Gasteiger partial charge in [0.25, 0.3) is 5.91 Å². The number of esters is 1. The van der Waals surface area contributed by atoms with Crippen molar-refractivity contribution < 1.29 is 14.3 Å². The first-order valence-corrected chi connectivity index (χ1v) is 8.58. The molecule has 0 aliphatic carbocycles. The van der Waals surface area contributed by atoms with Gasteiger partial charge in [-0.3, -0.25) is 4.79 Å². The smallest absolute Gasteiger partial charge is 0.337 e. The zero-order chi connectivity index (χ0) is 18.5. The Morgan fingerprint density at radius 3 is 1.96 bits per heavy atom. The van der Waals surface area contributed by atoms with Gasteiger partial charge >= 0.3 is 5.97 Å². The maximum absolute atomic E-state index is 12.3. The van der Waals surface area contributed by atoms with Crippen LogP contribution >= 0.6 is 15.9 Å². The minimum absolute atomic E-state index is 0.229. The van der Waals surface area contributed by atoms with Crippen molar-refractivity contribution in [2.45, 2.75) is 0 Å². The first kappa shape index (κ1) is 17.8. The van der Waals surface area contributed by atoms with Crippen molar-refractivity contribution >= 4 is 33.6 Å². The summed E-state index contributed by atoms with van der Waals surface area (Å²) in [4.78, 5) is 27.9. The second-order valence-electron chi connectivity index (χ2n) is 5.46. The molecular formula is C20H15BrN2O3. The Hall–Kier alpha value is -2.99. The molecule has 1 aromatic heterocycles. The van der Waals surface area contributed by atoms with E-state index in [0.717, 1.165) is 15.6 Å². The molecule has 0 atom stereocenters. The molecule has 0 bridgehead atoms. The van der Waals surface area contributed by atoms with Gasteiger partial charge in [0, 0.05) is 16.2 Å². The Morgan fingerprint density at radius 2 is 1.46 bits per heavy atom. The van der Waals surface area contributed by atoms with Crippen LogP contribution in [0.4, 0.5) is 5.82 Å². The molecule has 5 nitrogen and oxygen atoms in total. The highest BCUT2D eigenvalue weighted by molar-refractivity contribution is 9.10. The fourth-order valence-electron chi connectivity index (χ4n) is 2.37. The molecule has 0 aliphatic heterocycles. The van der Waals surface area contributed by atoms with Gasteiger partial charge in [0.2, 0.25) is 0 Å². The monoisotopic (exact) mass is 410 g/mol. The van der Waals surface area contributed by atoms with Gasteiger partial charge in [0.05, 0.1) is 12.7 Å². The normalized spacial score (nSPS) is 10.2. The summed E-state index contributed by atoms with van der Waals surface area (Å²) >= 11 is 3.30. The van der Waals surface area contributed by atoms with Crippen molar-refractivity contribution in [3.05, 3.63) is 82.5 Å². The quantitative estimate of drug-likeness (QED) is 0.640.